The number of methoxy groups -OCH3 is 1. The molecule has 0 aliphatic carbocycles. The normalized spacial score (nSPS) is 18.4. The van der Waals surface area contributed by atoms with Crippen molar-refractivity contribution >= 4 is 32.6 Å². The lowest BCUT2D eigenvalue weighted by molar-refractivity contribution is -0.144. The molecular weight excluding hydrogens is 512 g/mol. The van der Waals surface area contributed by atoms with Gasteiger partial charge >= 0.3 is 0 Å². The molecule has 2 aromatic carbocycles. The van der Waals surface area contributed by atoms with Gasteiger partial charge in [-0.2, -0.15) is 0 Å². The number of nitrogens with one attached hydrogen (secondary N) is 1. The molecule has 1 fully saturated rings. The van der Waals surface area contributed by atoms with Gasteiger partial charge < -0.3 is 20.1 Å². The first-order valence-electron chi connectivity index (χ1n) is 11.9. The molecule has 2 heterocycles. The standard InChI is InChI=1S/C26H30N4O7S/c1-36-23-15-17(20-5-3-4-6-21(20)28-23)16-37-19-9-7-18(8-10-19)26(27)12-13-30(25(26)32)22(24(31)29-33)11-14-38(2,34)35/h3-10,15,22,33H,11-14,16,27H2,1-2H3,(H,29,31)/t22?,26-/m1/s1. The summed E-state index contributed by atoms with van der Waals surface area (Å²) in [6, 6.07) is 15.1. The fourth-order valence-electron chi connectivity index (χ4n) is 4.61. The smallest absolute Gasteiger partial charge is 0.266 e. The van der Waals surface area contributed by atoms with Crippen molar-refractivity contribution in [2.24, 2.45) is 5.73 Å². The number of hydroxylamine groups is 1. The van der Waals surface area contributed by atoms with Crippen LogP contribution in [0, 0.1) is 0 Å². The Labute approximate surface area is 220 Å². The van der Waals surface area contributed by atoms with Crippen LogP contribution in [0.15, 0.2) is 54.6 Å². The fourth-order valence-corrected chi connectivity index (χ4v) is 5.26. The maximum atomic E-state index is 13.3. The molecule has 2 atom stereocenters. The van der Waals surface area contributed by atoms with Crippen LogP contribution in [0.2, 0.25) is 0 Å². The molecule has 0 radical (unpaired) electrons. The van der Waals surface area contributed by atoms with Crippen LogP contribution in [0.3, 0.4) is 0 Å². The zero-order valence-corrected chi connectivity index (χ0v) is 21.9. The zero-order chi connectivity index (χ0) is 27.5. The topological polar surface area (TPSA) is 161 Å². The van der Waals surface area contributed by atoms with Crippen molar-refractivity contribution in [1.82, 2.24) is 15.4 Å². The highest BCUT2D eigenvalue weighted by Gasteiger charge is 2.48. The average molecular weight is 543 g/mol. The maximum Gasteiger partial charge on any atom is 0.266 e. The molecule has 11 nitrogen and oxygen atoms in total. The van der Waals surface area contributed by atoms with Crippen molar-refractivity contribution in [3.63, 3.8) is 0 Å². The first-order valence-corrected chi connectivity index (χ1v) is 14.0. The van der Waals surface area contributed by atoms with Gasteiger partial charge in [0.1, 0.15) is 33.8 Å². The van der Waals surface area contributed by atoms with Crippen molar-refractivity contribution in [1.29, 1.82) is 0 Å². The summed E-state index contributed by atoms with van der Waals surface area (Å²) in [4.78, 5) is 31.2. The summed E-state index contributed by atoms with van der Waals surface area (Å²) in [5, 5.41) is 10.1. The van der Waals surface area contributed by atoms with Gasteiger partial charge in [0.05, 0.1) is 18.4 Å². The minimum atomic E-state index is -3.39. The number of likely N-dealkylation sites (tertiary alicyclic amines) is 1. The van der Waals surface area contributed by atoms with E-state index in [1.165, 1.54) is 10.4 Å². The molecular formula is C26H30N4O7S. The van der Waals surface area contributed by atoms with Gasteiger partial charge in [0.15, 0.2) is 0 Å². The van der Waals surface area contributed by atoms with Crippen molar-refractivity contribution in [2.45, 2.75) is 31.0 Å². The number of benzene rings is 2. The third-order valence-electron chi connectivity index (χ3n) is 6.69. The Kier molecular flexibility index (Phi) is 7.86. The number of hydrogen-bond donors (Lipinski definition) is 3. The van der Waals surface area contributed by atoms with E-state index in [1.54, 1.807) is 31.4 Å². The van der Waals surface area contributed by atoms with Gasteiger partial charge in [-0.1, -0.05) is 30.3 Å². The van der Waals surface area contributed by atoms with Crippen molar-refractivity contribution in [3.05, 3.63) is 65.7 Å². The van der Waals surface area contributed by atoms with Crippen LogP contribution in [0.4, 0.5) is 0 Å². The van der Waals surface area contributed by atoms with E-state index in [0.717, 1.165) is 22.7 Å². The van der Waals surface area contributed by atoms with E-state index in [0.29, 0.717) is 17.2 Å². The van der Waals surface area contributed by atoms with Gasteiger partial charge in [-0.05, 0) is 36.6 Å². The number of nitrogens with two attached hydrogens (primary N) is 1. The molecule has 2 amide bonds. The van der Waals surface area contributed by atoms with Gasteiger partial charge in [0, 0.05) is 29.8 Å². The summed E-state index contributed by atoms with van der Waals surface area (Å²) in [7, 11) is -1.84. The molecule has 12 heteroatoms. The van der Waals surface area contributed by atoms with Crippen LogP contribution in [0.1, 0.15) is 24.0 Å². The molecule has 0 saturated carbocycles. The van der Waals surface area contributed by atoms with Crippen LogP contribution in [0.25, 0.3) is 10.9 Å². The van der Waals surface area contributed by atoms with E-state index in [4.69, 9.17) is 20.4 Å². The number of para-hydroxylation sites is 1. The highest BCUT2D eigenvalue weighted by Crippen LogP contribution is 2.34. The molecule has 1 aromatic heterocycles. The minimum Gasteiger partial charge on any atom is -0.489 e. The molecule has 1 saturated heterocycles. The van der Waals surface area contributed by atoms with Gasteiger partial charge in [-0.25, -0.2) is 18.9 Å². The Morgan fingerprint density at radius 1 is 1.24 bits per heavy atom. The lowest BCUT2D eigenvalue weighted by Gasteiger charge is -2.29. The second-order valence-electron chi connectivity index (χ2n) is 9.28. The SMILES string of the molecule is COc1cc(COc2ccc([C@]3(N)CCN(C(CCS(C)(=O)=O)C(=O)NO)C3=O)cc2)c2ccccc2n1. The number of carbonyl (C=O) groups excluding carboxylic acids is 2. The molecule has 1 unspecified atom stereocenters. The van der Waals surface area contributed by atoms with Crippen LogP contribution < -0.4 is 20.7 Å². The number of ether oxygens (including phenoxy) is 2. The largest absolute Gasteiger partial charge is 0.489 e. The van der Waals surface area contributed by atoms with Crippen LogP contribution in [-0.2, 0) is 31.6 Å². The Balaban J connectivity index is 1.49. The van der Waals surface area contributed by atoms with E-state index >= 15 is 0 Å². The molecule has 1 aliphatic rings. The Bertz CT molecular complexity index is 1450. The third kappa shape index (κ3) is 5.72. The van der Waals surface area contributed by atoms with Gasteiger partial charge in [0.25, 0.3) is 5.91 Å². The second-order valence-corrected chi connectivity index (χ2v) is 11.5. The Hall–Kier alpha value is -3.74. The van der Waals surface area contributed by atoms with Crippen LogP contribution in [0.5, 0.6) is 11.6 Å². The summed E-state index contributed by atoms with van der Waals surface area (Å²) in [6.07, 6.45) is 1.09. The molecule has 1 aliphatic heterocycles. The summed E-state index contributed by atoms with van der Waals surface area (Å²) >= 11 is 0. The lowest BCUT2D eigenvalue weighted by Crippen LogP contribution is -2.52. The highest BCUT2D eigenvalue weighted by atomic mass is 32.2. The predicted molar refractivity (Wildman–Crippen MR) is 139 cm³/mol. The second kappa shape index (κ2) is 10.9. The fraction of sp³-hybridized carbons (Fsp3) is 0.346. The van der Waals surface area contributed by atoms with Gasteiger partial charge in [0.2, 0.25) is 11.8 Å². The van der Waals surface area contributed by atoms with E-state index in [-0.39, 0.29) is 31.7 Å². The molecule has 202 valence electrons. The number of rotatable bonds is 10. The lowest BCUT2D eigenvalue weighted by atomic mass is 9.89. The molecule has 3 aromatic rings. The number of amides is 2. The van der Waals surface area contributed by atoms with Crippen LogP contribution in [-0.4, -0.2) is 67.0 Å². The summed E-state index contributed by atoms with van der Waals surface area (Å²) in [6.45, 7) is 0.393. The number of hydrogen-bond acceptors (Lipinski definition) is 9. The summed E-state index contributed by atoms with van der Waals surface area (Å²) in [5.74, 6) is -0.669. The monoisotopic (exact) mass is 542 g/mol. The van der Waals surface area contributed by atoms with Crippen molar-refractivity contribution in [2.75, 3.05) is 25.7 Å². The third-order valence-corrected chi connectivity index (χ3v) is 7.67. The summed E-state index contributed by atoms with van der Waals surface area (Å²) in [5.41, 5.74) is 8.85. The highest BCUT2D eigenvalue weighted by molar-refractivity contribution is 7.90. The number of carbonyl (C=O) groups is 2. The van der Waals surface area contributed by atoms with E-state index in [2.05, 4.69) is 4.98 Å². The Morgan fingerprint density at radius 2 is 1.95 bits per heavy atom. The number of pyridine rings is 1. The Morgan fingerprint density at radius 3 is 2.61 bits per heavy atom. The van der Waals surface area contributed by atoms with Gasteiger partial charge in [-0.15, -0.1) is 0 Å². The van der Waals surface area contributed by atoms with Crippen molar-refractivity contribution < 1.29 is 32.7 Å². The first kappa shape index (κ1) is 27.3. The van der Waals surface area contributed by atoms with Crippen molar-refractivity contribution in [3.8, 4) is 11.6 Å². The molecule has 0 spiro atoms. The first-order chi connectivity index (χ1) is 18.1. The molecule has 38 heavy (non-hydrogen) atoms. The quantitative estimate of drug-likeness (QED) is 0.255. The predicted octanol–water partition coefficient (Wildman–Crippen LogP) is 1.52. The molecule has 4 N–H and O–H groups in total. The average Bonchev–Trinajstić information content (AvgIpc) is 3.21. The number of fused-ring (bicyclic) bond motifs is 1. The van der Waals surface area contributed by atoms with E-state index in [1.807, 2.05) is 30.3 Å². The number of nitrogens with zero attached hydrogens (tertiary/aromatic N) is 2. The summed E-state index contributed by atoms with van der Waals surface area (Å²) < 4.78 is 34.5. The van der Waals surface area contributed by atoms with Crippen LogP contribution >= 0.6 is 0 Å². The van der Waals surface area contributed by atoms with E-state index in [9.17, 15) is 18.0 Å². The molecule has 0 bridgehead atoms. The molecule has 4 rings (SSSR count). The zero-order valence-electron chi connectivity index (χ0n) is 21.1. The minimum absolute atomic E-state index is 0.131. The van der Waals surface area contributed by atoms with Gasteiger partial charge in [-0.3, -0.25) is 14.8 Å². The number of aromatic nitrogens is 1. The maximum absolute atomic E-state index is 13.3. The number of sulfone groups is 1. The van der Waals surface area contributed by atoms with E-state index < -0.39 is 33.2 Å².